The zero-order chi connectivity index (χ0) is 12.4. The Kier molecular flexibility index (Phi) is 10.6. The highest BCUT2D eigenvalue weighted by molar-refractivity contribution is 6.17. The summed E-state index contributed by atoms with van der Waals surface area (Å²) in [4.78, 5) is 0. The van der Waals surface area contributed by atoms with Crippen molar-refractivity contribution >= 4 is 11.6 Å². The first kappa shape index (κ1) is 16.2. The lowest BCUT2D eigenvalue weighted by Crippen LogP contribution is -2.37. The molecule has 0 bridgehead atoms. The third kappa shape index (κ3) is 7.51. The second kappa shape index (κ2) is 10.4. The Labute approximate surface area is 107 Å². The number of hydrogen-bond donors (Lipinski definition) is 1. The molecule has 2 heteroatoms. The van der Waals surface area contributed by atoms with Crippen LogP contribution in [0.15, 0.2) is 0 Å². The van der Waals surface area contributed by atoms with Gasteiger partial charge in [0.2, 0.25) is 0 Å². The van der Waals surface area contributed by atoms with E-state index in [2.05, 4.69) is 33.0 Å². The summed E-state index contributed by atoms with van der Waals surface area (Å²) in [6, 6.07) is 0.591. The van der Waals surface area contributed by atoms with Gasteiger partial charge in [0.25, 0.3) is 0 Å². The van der Waals surface area contributed by atoms with Crippen LogP contribution in [0.4, 0.5) is 0 Å². The van der Waals surface area contributed by atoms with Gasteiger partial charge in [-0.25, -0.2) is 0 Å². The zero-order valence-electron chi connectivity index (χ0n) is 11.6. The van der Waals surface area contributed by atoms with E-state index in [1.807, 2.05) is 0 Å². The van der Waals surface area contributed by atoms with Crippen molar-refractivity contribution in [1.29, 1.82) is 0 Å². The minimum atomic E-state index is 0.591. The van der Waals surface area contributed by atoms with Crippen LogP contribution >= 0.6 is 11.6 Å². The first-order valence-electron chi connectivity index (χ1n) is 6.94. The van der Waals surface area contributed by atoms with Crippen LogP contribution in [0.1, 0.15) is 59.8 Å². The van der Waals surface area contributed by atoms with Crippen molar-refractivity contribution in [3.8, 4) is 0 Å². The molecule has 0 amide bonds. The fourth-order valence-electron chi connectivity index (χ4n) is 2.05. The molecule has 16 heavy (non-hydrogen) atoms. The van der Waals surface area contributed by atoms with Crippen molar-refractivity contribution in [2.45, 2.75) is 65.8 Å². The lowest BCUT2D eigenvalue weighted by atomic mass is 9.96. The topological polar surface area (TPSA) is 12.0 Å². The summed E-state index contributed by atoms with van der Waals surface area (Å²) in [5.74, 6) is 2.29. The van der Waals surface area contributed by atoms with Gasteiger partial charge in [-0.2, -0.15) is 0 Å². The van der Waals surface area contributed by atoms with E-state index in [1.165, 1.54) is 25.7 Å². The number of rotatable bonds is 10. The molecule has 98 valence electrons. The summed E-state index contributed by atoms with van der Waals surface area (Å²) in [6.45, 7) is 10.3. The molecule has 0 fully saturated rings. The fourth-order valence-corrected chi connectivity index (χ4v) is 2.29. The molecule has 0 radical (unpaired) electrons. The van der Waals surface area contributed by atoms with Crippen molar-refractivity contribution in [1.82, 2.24) is 5.32 Å². The maximum absolute atomic E-state index is 5.83. The van der Waals surface area contributed by atoms with Crippen LogP contribution in [0.2, 0.25) is 0 Å². The van der Waals surface area contributed by atoms with Gasteiger partial charge in [0, 0.05) is 11.9 Å². The quantitative estimate of drug-likeness (QED) is 0.563. The van der Waals surface area contributed by atoms with Crippen LogP contribution in [0, 0.1) is 11.8 Å². The van der Waals surface area contributed by atoms with Gasteiger partial charge in [0.1, 0.15) is 0 Å². The summed E-state index contributed by atoms with van der Waals surface area (Å²) < 4.78 is 0. The van der Waals surface area contributed by atoms with E-state index in [0.717, 1.165) is 24.8 Å². The summed E-state index contributed by atoms with van der Waals surface area (Å²) in [5.41, 5.74) is 0. The van der Waals surface area contributed by atoms with Gasteiger partial charge in [-0.15, -0.1) is 11.6 Å². The molecule has 0 aromatic heterocycles. The highest BCUT2D eigenvalue weighted by atomic mass is 35.5. The number of nitrogens with one attached hydrogen (secondary N) is 1. The monoisotopic (exact) mass is 247 g/mol. The first-order chi connectivity index (χ1) is 7.65. The molecule has 0 aliphatic carbocycles. The molecule has 0 aliphatic heterocycles. The molecular formula is C14H30ClN. The minimum Gasteiger partial charge on any atom is -0.313 e. The molecule has 1 nitrogen and oxygen atoms in total. The average molecular weight is 248 g/mol. The second-order valence-electron chi connectivity index (χ2n) is 5.15. The lowest BCUT2D eigenvalue weighted by Gasteiger charge is -2.24. The Balaban J connectivity index is 3.86. The molecule has 0 saturated carbocycles. The Morgan fingerprint density at radius 2 is 1.81 bits per heavy atom. The van der Waals surface area contributed by atoms with Crippen molar-refractivity contribution in [2.75, 3.05) is 12.4 Å². The minimum absolute atomic E-state index is 0.591. The zero-order valence-corrected chi connectivity index (χ0v) is 12.3. The number of halogens is 1. The predicted molar refractivity (Wildman–Crippen MR) is 75.3 cm³/mol. The molecule has 0 aromatic carbocycles. The van der Waals surface area contributed by atoms with E-state index < -0.39 is 0 Å². The predicted octanol–water partition coefficient (Wildman–Crippen LogP) is 4.45. The Morgan fingerprint density at radius 1 is 1.12 bits per heavy atom. The van der Waals surface area contributed by atoms with E-state index in [0.29, 0.717) is 12.0 Å². The highest BCUT2D eigenvalue weighted by Crippen LogP contribution is 2.13. The van der Waals surface area contributed by atoms with Crippen molar-refractivity contribution in [3.05, 3.63) is 0 Å². The standard InChI is InChI=1S/C14H30ClN/c1-5-7-8-13(6-2)11-16-14(9-10-15)12(3)4/h12-14,16H,5-11H2,1-4H3. The largest absolute Gasteiger partial charge is 0.313 e. The summed E-state index contributed by atoms with van der Waals surface area (Å²) in [6.07, 6.45) is 6.42. The van der Waals surface area contributed by atoms with Crippen LogP contribution in [0.25, 0.3) is 0 Å². The van der Waals surface area contributed by atoms with Gasteiger partial charge in [-0.3, -0.25) is 0 Å². The SMILES string of the molecule is CCCCC(CC)CNC(CCCl)C(C)C. The second-order valence-corrected chi connectivity index (χ2v) is 5.53. The van der Waals surface area contributed by atoms with Crippen molar-refractivity contribution in [3.63, 3.8) is 0 Å². The summed E-state index contributed by atoms with van der Waals surface area (Å²) in [5, 5.41) is 3.70. The molecular weight excluding hydrogens is 218 g/mol. The van der Waals surface area contributed by atoms with E-state index >= 15 is 0 Å². The number of hydrogen-bond acceptors (Lipinski definition) is 1. The Bertz CT molecular complexity index is 148. The number of unbranched alkanes of at least 4 members (excludes halogenated alkanes) is 1. The molecule has 0 aromatic rings. The van der Waals surface area contributed by atoms with E-state index in [1.54, 1.807) is 0 Å². The van der Waals surface area contributed by atoms with Gasteiger partial charge in [-0.05, 0) is 31.2 Å². The molecule has 0 spiro atoms. The highest BCUT2D eigenvalue weighted by Gasteiger charge is 2.14. The van der Waals surface area contributed by atoms with Crippen LogP contribution in [0.3, 0.4) is 0 Å². The van der Waals surface area contributed by atoms with E-state index in [-0.39, 0.29) is 0 Å². The average Bonchev–Trinajstić information content (AvgIpc) is 2.27. The van der Waals surface area contributed by atoms with Gasteiger partial charge in [0.15, 0.2) is 0 Å². The third-order valence-corrected chi connectivity index (χ3v) is 3.66. The Hall–Kier alpha value is 0.250. The van der Waals surface area contributed by atoms with Crippen LogP contribution < -0.4 is 5.32 Å². The molecule has 2 atom stereocenters. The van der Waals surface area contributed by atoms with Crippen molar-refractivity contribution in [2.24, 2.45) is 11.8 Å². The first-order valence-corrected chi connectivity index (χ1v) is 7.48. The molecule has 1 N–H and O–H groups in total. The lowest BCUT2D eigenvalue weighted by molar-refractivity contribution is 0.337. The maximum atomic E-state index is 5.83. The molecule has 0 heterocycles. The Morgan fingerprint density at radius 3 is 2.25 bits per heavy atom. The number of alkyl halides is 1. The van der Waals surface area contributed by atoms with Gasteiger partial charge in [-0.1, -0.05) is 47.0 Å². The van der Waals surface area contributed by atoms with Crippen LogP contribution in [-0.4, -0.2) is 18.5 Å². The molecule has 0 rings (SSSR count). The summed E-state index contributed by atoms with van der Waals surface area (Å²) >= 11 is 5.83. The van der Waals surface area contributed by atoms with Crippen LogP contribution in [-0.2, 0) is 0 Å². The van der Waals surface area contributed by atoms with Gasteiger partial charge in [0.05, 0.1) is 0 Å². The smallest absolute Gasteiger partial charge is 0.0238 e. The third-order valence-electron chi connectivity index (χ3n) is 3.44. The van der Waals surface area contributed by atoms with Gasteiger partial charge >= 0.3 is 0 Å². The normalized spacial score (nSPS) is 15.4. The van der Waals surface area contributed by atoms with Crippen LogP contribution in [0.5, 0.6) is 0 Å². The maximum Gasteiger partial charge on any atom is 0.0238 e. The van der Waals surface area contributed by atoms with E-state index in [9.17, 15) is 0 Å². The molecule has 2 unspecified atom stereocenters. The van der Waals surface area contributed by atoms with E-state index in [4.69, 9.17) is 11.6 Å². The summed E-state index contributed by atoms with van der Waals surface area (Å²) in [7, 11) is 0. The van der Waals surface area contributed by atoms with Crippen molar-refractivity contribution < 1.29 is 0 Å². The molecule has 0 saturated heterocycles. The fraction of sp³-hybridized carbons (Fsp3) is 1.00. The van der Waals surface area contributed by atoms with Gasteiger partial charge < -0.3 is 5.32 Å². The molecule has 0 aliphatic rings.